The van der Waals surface area contributed by atoms with Crippen LogP contribution in [0, 0.1) is 0 Å². The van der Waals surface area contributed by atoms with Gasteiger partial charge in [0, 0.05) is 43.8 Å². The first-order chi connectivity index (χ1) is 10.2. The van der Waals surface area contributed by atoms with Gasteiger partial charge in [0.2, 0.25) is 0 Å². The molecule has 0 spiro atoms. The highest BCUT2D eigenvalue weighted by atomic mass is 79.9. The van der Waals surface area contributed by atoms with Crippen LogP contribution in [0.25, 0.3) is 0 Å². The highest BCUT2D eigenvalue weighted by molar-refractivity contribution is 9.10. The summed E-state index contributed by atoms with van der Waals surface area (Å²) in [5.74, 6) is 0. The first kappa shape index (κ1) is 16.7. The van der Waals surface area contributed by atoms with E-state index in [-0.39, 0.29) is 0 Å². The lowest BCUT2D eigenvalue weighted by Gasteiger charge is -2.21. The first-order valence-corrected chi connectivity index (χ1v) is 8.35. The Morgan fingerprint density at radius 1 is 1.48 bits per heavy atom. The third-order valence-electron chi connectivity index (χ3n) is 3.68. The van der Waals surface area contributed by atoms with E-state index >= 15 is 0 Å². The lowest BCUT2D eigenvalue weighted by Crippen LogP contribution is -2.27. The SMILES string of the molecule is C=CCN(CCOC)Cc1ccc(CNC2CC2)cc1Br. The van der Waals surface area contributed by atoms with Crippen LogP contribution in [0.4, 0.5) is 0 Å². The molecule has 1 aromatic carbocycles. The Morgan fingerprint density at radius 2 is 2.29 bits per heavy atom. The molecule has 1 N–H and O–H groups in total. The Labute approximate surface area is 136 Å². The number of nitrogens with zero attached hydrogens (tertiary/aromatic N) is 1. The van der Waals surface area contributed by atoms with Gasteiger partial charge in [-0.25, -0.2) is 0 Å². The van der Waals surface area contributed by atoms with Crippen LogP contribution < -0.4 is 5.32 Å². The molecule has 0 unspecified atom stereocenters. The van der Waals surface area contributed by atoms with Crippen molar-refractivity contribution < 1.29 is 4.74 Å². The largest absolute Gasteiger partial charge is 0.383 e. The maximum absolute atomic E-state index is 5.17. The summed E-state index contributed by atoms with van der Waals surface area (Å²) in [4.78, 5) is 2.33. The molecule has 0 aliphatic heterocycles. The van der Waals surface area contributed by atoms with Gasteiger partial charge in [0.25, 0.3) is 0 Å². The Hall–Kier alpha value is -0.680. The summed E-state index contributed by atoms with van der Waals surface area (Å²) in [6.45, 7) is 8.24. The molecule has 1 aromatic rings. The third kappa shape index (κ3) is 5.91. The van der Waals surface area contributed by atoms with Gasteiger partial charge in [-0.1, -0.05) is 34.1 Å². The fraction of sp³-hybridized carbons (Fsp3) is 0.529. The van der Waals surface area contributed by atoms with E-state index in [1.54, 1.807) is 7.11 Å². The van der Waals surface area contributed by atoms with Crippen LogP contribution in [0.15, 0.2) is 35.3 Å². The standard InChI is InChI=1S/C17H25BrN2O/c1-3-8-20(9-10-21-2)13-15-5-4-14(11-17(15)18)12-19-16-6-7-16/h3-5,11,16,19H,1,6-10,12-13H2,2H3. The van der Waals surface area contributed by atoms with Crippen molar-refractivity contribution in [3.8, 4) is 0 Å². The van der Waals surface area contributed by atoms with Crippen molar-refractivity contribution in [3.63, 3.8) is 0 Å². The van der Waals surface area contributed by atoms with Gasteiger partial charge in [-0.05, 0) is 30.0 Å². The van der Waals surface area contributed by atoms with Crippen LogP contribution in [0.5, 0.6) is 0 Å². The van der Waals surface area contributed by atoms with Gasteiger partial charge < -0.3 is 10.1 Å². The number of halogens is 1. The fourth-order valence-corrected chi connectivity index (χ4v) is 2.81. The Balaban J connectivity index is 1.92. The van der Waals surface area contributed by atoms with Crippen molar-refractivity contribution in [3.05, 3.63) is 46.5 Å². The molecule has 1 aliphatic carbocycles. The quantitative estimate of drug-likeness (QED) is 0.653. The average molecular weight is 353 g/mol. The monoisotopic (exact) mass is 352 g/mol. The van der Waals surface area contributed by atoms with Crippen molar-refractivity contribution >= 4 is 15.9 Å². The van der Waals surface area contributed by atoms with Gasteiger partial charge >= 0.3 is 0 Å². The fourth-order valence-electron chi connectivity index (χ4n) is 2.26. The van der Waals surface area contributed by atoms with Crippen molar-refractivity contribution in [2.45, 2.75) is 32.0 Å². The Morgan fingerprint density at radius 3 is 2.90 bits per heavy atom. The van der Waals surface area contributed by atoms with E-state index in [0.717, 1.165) is 38.8 Å². The Bertz CT molecular complexity index is 460. The lowest BCUT2D eigenvalue weighted by molar-refractivity contribution is 0.151. The minimum atomic E-state index is 0.745. The number of rotatable bonds is 10. The third-order valence-corrected chi connectivity index (χ3v) is 4.42. The maximum atomic E-state index is 5.17. The first-order valence-electron chi connectivity index (χ1n) is 7.55. The van der Waals surface area contributed by atoms with Gasteiger partial charge in [0.1, 0.15) is 0 Å². The minimum absolute atomic E-state index is 0.745. The van der Waals surface area contributed by atoms with Gasteiger partial charge in [-0.15, -0.1) is 6.58 Å². The summed E-state index contributed by atoms with van der Waals surface area (Å²) in [6, 6.07) is 7.42. The molecule has 0 radical (unpaired) electrons. The van der Waals surface area contributed by atoms with Crippen LogP contribution in [0.1, 0.15) is 24.0 Å². The zero-order valence-corrected chi connectivity index (χ0v) is 14.4. The van der Waals surface area contributed by atoms with Gasteiger partial charge in [0.15, 0.2) is 0 Å². The molecule has 2 rings (SSSR count). The second kappa shape index (κ2) is 8.69. The van der Waals surface area contributed by atoms with Gasteiger partial charge in [-0.3, -0.25) is 4.90 Å². The molecule has 1 saturated carbocycles. The van der Waals surface area contributed by atoms with Crippen LogP contribution in [0.2, 0.25) is 0 Å². The summed E-state index contributed by atoms with van der Waals surface area (Å²) in [5.41, 5.74) is 2.65. The van der Waals surface area contributed by atoms with Crippen molar-refractivity contribution in [2.75, 3.05) is 26.8 Å². The van der Waals surface area contributed by atoms with E-state index in [9.17, 15) is 0 Å². The molecule has 0 amide bonds. The van der Waals surface area contributed by atoms with Crippen LogP contribution in [0.3, 0.4) is 0 Å². The van der Waals surface area contributed by atoms with E-state index in [1.165, 1.54) is 28.4 Å². The minimum Gasteiger partial charge on any atom is -0.383 e. The summed E-state index contributed by atoms with van der Waals surface area (Å²) >= 11 is 3.71. The van der Waals surface area contributed by atoms with E-state index in [0.29, 0.717) is 0 Å². The molecule has 21 heavy (non-hydrogen) atoms. The lowest BCUT2D eigenvalue weighted by atomic mass is 10.1. The average Bonchev–Trinajstić information content (AvgIpc) is 3.29. The molecule has 1 fully saturated rings. The van der Waals surface area contributed by atoms with E-state index in [4.69, 9.17) is 4.74 Å². The normalized spacial score (nSPS) is 14.6. The predicted molar refractivity (Wildman–Crippen MR) is 91.4 cm³/mol. The number of ether oxygens (including phenoxy) is 1. The second-order valence-electron chi connectivity index (χ2n) is 5.60. The van der Waals surface area contributed by atoms with Crippen molar-refractivity contribution in [1.82, 2.24) is 10.2 Å². The number of hydrogen-bond donors (Lipinski definition) is 1. The molecule has 0 saturated heterocycles. The summed E-state index contributed by atoms with van der Waals surface area (Å²) < 4.78 is 6.35. The van der Waals surface area contributed by atoms with Gasteiger partial charge in [-0.2, -0.15) is 0 Å². The molecule has 0 aromatic heterocycles. The number of nitrogens with one attached hydrogen (secondary N) is 1. The number of benzene rings is 1. The Kier molecular flexibility index (Phi) is 6.90. The van der Waals surface area contributed by atoms with Gasteiger partial charge in [0.05, 0.1) is 6.61 Å². The molecule has 3 nitrogen and oxygen atoms in total. The van der Waals surface area contributed by atoms with Crippen LogP contribution >= 0.6 is 15.9 Å². The van der Waals surface area contributed by atoms with Crippen LogP contribution in [-0.4, -0.2) is 37.7 Å². The topological polar surface area (TPSA) is 24.5 Å². The molecule has 1 aliphatic rings. The summed E-state index contributed by atoms with van der Waals surface area (Å²) in [6.07, 6.45) is 4.60. The van der Waals surface area contributed by atoms with Crippen molar-refractivity contribution in [1.29, 1.82) is 0 Å². The van der Waals surface area contributed by atoms with E-state index in [2.05, 4.69) is 50.9 Å². The number of hydrogen-bond acceptors (Lipinski definition) is 3. The maximum Gasteiger partial charge on any atom is 0.0589 e. The zero-order valence-electron chi connectivity index (χ0n) is 12.8. The second-order valence-corrected chi connectivity index (χ2v) is 6.45. The molecular formula is C17H25BrN2O. The highest BCUT2D eigenvalue weighted by Gasteiger charge is 2.20. The molecule has 4 heteroatoms. The molecule has 0 heterocycles. The molecular weight excluding hydrogens is 328 g/mol. The summed E-state index contributed by atoms with van der Waals surface area (Å²) in [7, 11) is 1.74. The molecule has 0 atom stereocenters. The van der Waals surface area contributed by atoms with Crippen LogP contribution in [-0.2, 0) is 17.8 Å². The van der Waals surface area contributed by atoms with Crippen molar-refractivity contribution in [2.24, 2.45) is 0 Å². The molecule has 116 valence electrons. The smallest absolute Gasteiger partial charge is 0.0589 e. The molecule has 0 bridgehead atoms. The predicted octanol–water partition coefficient (Wildman–Crippen LogP) is 3.34. The highest BCUT2D eigenvalue weighted by Crippen LogP contribution is 2.22. The number of methoxy groups -OCH3 is 1. The summed E-state index contributed by atoms with van der Waals surface area (Å²) in [5, 5.41) is 3.55. The zero-order chi connectivity index (χ0) is 15.1. The van der Waals surface area contributed by atoms with E-state index in [1.807, 2.05) is 6.08 Å². The van der Waals surface area contributed by atoms with E-state index < -0.39 is 0 Å².